The van der Waals surface area contributed by atoms with Crippen molar-refractivity contribution in [2.75, 3.05) is 0 Å². The van der Waals surface area contributed by atoms with Gasteiger partial charge in [0.1, 0.15) is 0 Å². The molecule has 0 aromatic rings. The molecule has 0 rings (SSSR count). The second-order valence-corrected chi connectivity index (χ2v) is 6.72. The summed E-state index contributed by atoms with van der Waals surface area (Å²) in [4.78, 5) is 0. The van der Waals surface area contributed by atoms with E-state index in [0.717, 1.165) is 0 Å². The predicted octanol–water partition coefficient (Wildman–Crippen LogP) is 5.23. The molecule has 0 N–H and O–H groups in total. The lowest BCUT2D eigenvalue weighted by Gasteiger charge is -2.41. The Hall–Kier alpha value is -1.35. The fourth-order valence-corrected chi connectivity index (χ4v) is 1.77. The van der Waals surface area contributed by atoms with Gasteiger partial charge in [0.2, 0.25) is 0 Å². The van der Waals surface area contributed by atoms with Crippen molar-refractivity contribution >= 4 is 10.1 Å². The third-order valence-electron chi connectivity index (χ3n) is 3.07. The molecule has 0 saturated heterocycles. The van der Waals surface area contributed by atoms with Gasteiger partial charge in [0.25, 0.3) is 6.36 Å². The van der Waals surface area contributed by atoms with Gasteiger partial charge >= 0.3 is 57.6 Å². The van der Waals surface area contributed by atoms with Crippen LogP contribution in [-0.2, 0) is 14.3 Å². The third-order valence-corrected chi connectivity index (χ3v) is 4.06. The molecule has 0 heterocycles. The van der Waals surface area contributed by atoms with Crippen molar-refractivity contribution in [2.24, 2.45) is 0 Å². The molecular formula is C9H2F18O3S. The topological polar surface area (TPSA) is 43.4 Å². The Morgan fingerprint density at radius 2 is 0.806 bits per heavy atom. The van der Waals surface area contributed by atoms with Crippen LogP contribution in [0.3, 0.4) is 0 Å². The van der Waals surface area contributed by atoms with Gasteiger partial charge in [-0.2, -0.15) is 74.3 Å². The van der Waals surface area contributed by atoms with Crippen molar-refractivity contribution in [1.29, 1.82) is 0 Å². The van der Waals surface area contributed by atoms with Gasteiger partial charge in [-0.1, -0.05) is 0 Å². The van der Waals surface area contributed by atoms with Crippen LogP contribution in [0.4, 0.5) is 79.0 Å². The Labute approximate surface area is 157 Å². The molecule has 31 heavy (non-hydrogen) atoms. The zero-order valence-electron chi connectivity index (χ0n) is 13.1. The summed E-state index contributed by atoms with van der Waals surface area (Å²) in [6, 6.07) is 0. The highest BCUT2D eigenvalue weighted by Gasteiger charge is 2.92. The van der Waals surface area contributed by atoms with E-state index in [1.165, 1.54) is 0 Å². The molecule has 1 unspecified atom stereocenters. The first-order valence-electron chi connectivity index (χ1n) is 6.26. The molecule has 0 aliphatic carbocycles. The van der Waals surface area contributed by atoms with Gasteiger partial charge in [-0.25, -0.2) is 17.4 Å². The summed E-state index contributed by atoms with van der Waals surface area (Å²) >= 11 is 0. The summed E-state index contributed by atoms with van der Waals surface area (Å²) in [5, 5.41) is 0. The fourth-order valence-electron chi connectivity index (χ4n) is 1.32. The zero-order valence-corrected chi connectivity index (χ0v) is 13.9. The normalized spacial score (nSPS) is 17.3. The summed E-state index contributed by atoms with van der Waals surface area (Å²) in [5.41, 5.74) is -6.90. The van der Waals surface area contributed by atoms with E-state index in [4.69, 9.17) is 0 Å². The highest BCUT2D eigenvalue weighted by Crippen LogP contribution is 2.61. The van der Waals surface area contributed by atoms with Gasteiger partial charge in [-0.15, -0.1) is 0 Å². The molecule has 0 amide bonds. The second-order valence-electron chi connectivity index (χ2n) is 5.16. The molecule has 3 nitrogen and oxygen atoms in total. The number of hydrogen-bond acceptors (Lipinski definition) is 3. The lowest BCUT2D eigenvalue weighted by atomic mass is 9.91. The van der Waals surface area contributed by atoms with Gasteiger partial charge in [0.15, 0.2) is 0 Å². The average Bonchev–Trinajstić information content (AvgIpc) is 2.51. The maximum atomic E-state index is 13.2. The minimum Gasteiger partial charge on any atom is -0.219 e. The lowest BCUT2D eigenvalue weighted by molar-refractivity contribution is -0.440. The fraction of sp³-hybridized carbons (Fsp3) is 1.00. The van der Waals surface area contributed by atoms with Crippen molar-refractivity contribution in [1.82, 2.24) is 0 Å². The van der Waals surface area contributed by atoms with E-state index in [1.54, 1.807) is 4.18 Å². The molecule has 0 aromatic carbocycles. The van der Waals surface area contributed by atoms with Gasteiger partial charge in [0.05, 0.1) is 0 Å². The molecule has 22 heteroatoms. The molecule has 1 atom stereocenters. The molecule has 0 fully saturated rings. The van der Waals surface area contributed by atoms with E-state index in [0.29, 0.717) is 0 Å². The first-order valence-corrected chi connectivity index (χ1v) is 7.66. The maximum Gasteiger partial charge on any atom is 0.523 e. The van der Waals surface area contributed by atoms with Gasteiger partial charge in [0, 0.05) is 0 Å². The summed E-state index contributed by atoms with van der Waals surface area (Å²) < 4.78 is 250. The van der Waals surface area contributed by atoms with Crippen LogP contribution in [-0.4, -0.2) is 62.2 Å². The summed E-state index contributed by atoms with van der Waals surface area (Å²) in [7, 11) is -7.67. The summed E-state index contributed by atoms with van der Waals surface area (Å²) in [5.74, 6) is -49.4. The zero-order chi connectivity index (χ0) is 25.9. The quantitative estimate of drug-likeness (QED) is 0.232. The van der Waals surface area contributed by atoms with E-state index in [2.05, 4.69) is 0 Å². The van der Waals surface area contributed by atoms with Crippen molar-refractivity contribution < 1.29 is 91.6 Å². The molecule has 0 radical (unpaired) electrons. The van der Waals surface area contributed by atoms with Gasteiger partial charge < -0.3 is 0 Å². The van der Waals surface area contributed by atoms with Crippen LogP contribution in [0, 0.1) is 0 Å². The smallest absolute Gasteiger partial charge is 0.219 e. The first-order chi connectivity index (χ1) is 13.1. The number of alkyl halides is 18. The lowest BCUT2D eigenvalue weighted by Crippen LogP contribution is -2.72. The van der Waals surface area contributed by atoms with Crippen LogP contribution < -0.4 is 0 Å². The number of hydrogen-bond donors (Lipinski definition) is 0. The Morgan fingerprint density at radius 3 is 1.06 bits per heavy atom. The van der Waals surface area contributed by atoms with Crippen LogP contribution in [0.15, 0.2) is 0 Å². The molecule has 0 bridgehead atoms. The van der Waals surface area contributed by atoms with E-state index < -0.39 is 63.9 Å². The van der Waals surface area contributed by atoms with Crippen LogP contribution in [0.1, 0.15) is 0 Å². The molecule has 0 saturated carbocycles. The highest BCUT2D eigenvalue weighted by atomic mass is 32.2. The standard InChI is InChI=1S/C9H2F18O3S/c10-1(11)3(13,14)5(17,18)7(21,22)8(23,24)6(19,20)4(15,16)2(12)30-31(28,29)9(25,26)27/h1-2H. The SMILES string of the molecule is O=S(=O)(OC(F)C(F)(F)C(F)(F)C(F)(F)C(F)(F)C(F)(F)C(F)(F)C(F)F)C(F)(F)F. The third kappa shape index (κ3) is 4.19. The minimum atomic E-state index is -8.64. The van der Waals surface area contributed by atoms with E-state index >= 15 is 0 Å². The Bertz CT molecular complexity index is 752. The van der Waals surface area contributed by atoms with Crippen molar-refractivity contribution in [3.05, 3.63) is 0 Å². The van der Waals surface area contributed by atoms with Crippen molar-refractivity contribution in [2.45, 2.75) is 53.8 Å². The predicted molar refractivity (Wildman–Crippen MR) is 56.6 cm³/mol. The van der Waals surface area contributed by atoms with Crippen LogP contribution >= 0.6 is 0 Å². The van der Waals surface area contributed by atoms with Crippen LogP contribution in [0.5, 0.6) is 0 Å². The van der Waals surface area contributed by atoms with E-state index in [-0.39, 0.29) is 0 Å². The second kappa shape index (κ2) is 7.61. The van der Waals surface area contributed by atoms with Crippen LogP contribution in [0.2, 0.25) is 0 Å². The Kier molecular flexibility index (Phi) is 7.28. The molecule has 0 aliphatic rings. The Balaban J connectivity index is 6.51. The monoisotopic (exact) mass is 532 g/mol. The molecule has 188 valence electrons. The molecule has 0 aromatic heterocycles. The summed E-state index contributed by atoms with van der Waals surface area (Å²) in [6.07, 6.45) is -12.1. The minimum absolute atomic E-state index is 1.77. The van der Waals surface area contributed by atoms with Gasteiger partial charge in [-0.05, 0) is 0 Å². The maximum absolute atomic E-state index is 13.2. The van der Waals surface area contributed by atoms with Crippen LogP contribution in [0.25, 0.3) is 0 Å². The average molecular weight is 532 g/mol. The number of rotatable bonds is 9. The summed E-state index contributed by atoms with van der Waals surface area (Å²) in [6.45, 7) is 0. The Morgan fingerprint density at radius 1 is 0.516 bits per heavy atom. The van der Waals surface area contributed by atoms with Crippen molar-refractivity contribution in [3.8, 4) is 0 Å². The highest BCUT2D eigenvalue weighted by molar-refractivity contribution is 7.87. The molecular weight excluding hydrogens is 530 g/mol. The van der Waals surface area contributed by atoms with Gasteiger partial charge in [-0.3, -0.25) is 0 Å². The largest absolute Gasteiger partial charge is 0.523 e. The van der Waals surface area contributed by atoms with Crippen molar-refractivity contribution in [3.63, 3.8) is 0 Å². The van der Waals surface area contributed by atoms with E-state index in [1.807, 2.05) is 0 Å². The molecule has 0 aliphatic heterocycles. The number of halogens is 18. The molecule has 0 spiro atoms. The first kappa shape index (κ1) is 29.7. The van der Waals surface area contributed by atoms with E-state index in [9.17, 15) is 87.4 Å².